The molecular formula is C35H42. The van der Waals surface area contributed by atoms with Gasteiger partial charge < -0.3 is 0 Å². The van der Waals surface area contributed by atoms with E-state index in [0.717, 1.165) is 12.8 Å². The van der Waals surface area contributed by atoms with Gasteiger partial charge in [-0.2, -0.15) is 0 Å². The largest absolute Gasteiger partial charge is 0.0955 e. The van der Waals surface area contributed by atoms with Crippen molar-refractivity contribution in [2.75, 3.05) is 0 Å². The van der Waals surface area contributed by atoms with Crippen LogP contribution in [0.5, 0.6) is 0 Å². The van der Waals surface area contributed by atoms with Gasteiger partial charge in [0.25, 0.3) is 0 Å². The van der Waals surface area contributed by atoms with E-state index in [9.17, 15) is 0 Å². The molecule has 0 saturated heterocycles. The summed E-state index contributed by atoms with van der Waals surface area (Å²) in [6.45, 7) is 25.0. The molecule has 1 saturated carbocycles. The second-order valence-corrected chi connectivity index (χ2v) is 11.8. The van der Waals surface area contributed by atoms with Crippen molar-refractivity contribution in [3.8, 4) is 0 Å². The Balaban J connectivity index is 1.75. The van der Waals surface area contributed by atoms with E-state index in [-0.39, 0.29) is 11.3 Å². The molecule has 0 nitrogen and oxygen atoms in total. The van der Waals surface area contributed by atoms with Crippen LogP contribution in [0.25, 0.3) is 6.08 Å². The summed E-state index contributed by atoms with van der Waals surface area (Å²) in [5, 5.41) is 0. The van der Waals surface area contributed by atoms with Gasteiger partial charge in [0.2, 0.25) is 0 Å². The van der Waals surface area contributed by atoms with Gasteiger partial charge in [0.05, 0.1) is 0 Å². The summed E-state index contributed by atoms with van der Waals surface area (Å²) in [6, 6.07) is 18.4. The number of hydrogen-bond donors (Lipinski definition) is 0. The number of fused-ring (bicyclic) bond motifs is 1. The van der Waals surface area contributed by atoms with E-state index < -0.39 is 0 Å². The van der Waals surface area contributed by atoms with Crippen molar-refractivity contribution in [3.05, 3.63) is 123 Å². The zero-order valence-corrected chi connectivity index (χ0v) is 22.8. The Kier molecular flexibility index (Phi) is 6.96. The summed E-state index contributed by atoms with van der Waals surface area (Å²) in [5.41, 5.74) is 13.7. The van der Waals surface area contributed by atoms with Gasteiger partial charge in [0.1, 0.15) is 0 Å². The smallest absolute Gasteiger partial charge is 0.0201 e. The molecular weight excluding hydrogens is 420 g/mol. The van der Waals surface area contributed by atoms with Gasteiger partial charge in [-0.3, -0.25) is 0 Å². The zero-order valence-electron chi connectivity index (χ0n) is 22.8. The zero-order chi connectivity index (χ0) is 25.5. The number of benzene rings is 2. The fourth-order valence-electron chi connectivity index (χ4n) is 5.75. The van der Waals surface area contributed by atoms with E-state index in [0.29, 0.717) is 11.8 Å². The maximum atomic E-state index is 4.68. The van der Waals surface area contributed by atoms with Gasteiger partial charge in [0.15, 0.2) is 0 Å². The van der Waals surface area contributed by atoms with E-state index in [4.69, 9.17) is 0 Å². The lowest BCUT2D eigenvalue weighted by Crippen LogP contribution is -2.21. The molecule has 0 amide bonds. The Morgan fingerprint density at radius 2 is 1.63 bits per heavy atom. The van der Waals surface area contributed by atoms with Crippen LogP contribution in [0, 0.1) is 5.92 Å². The lowest BCUT2D eigenvalue weighted by Gasteiger charge is -2.35. The monoisotopic (exact) mass is 462 g/mol. The lowest BCUT2D eigenvalue weighted by molar-refractivity contribution is 0.587. The predicted molar refractivity (Wildman–Crippen MR) is 154 cm³/mol. The summed E-state index contributed by atoms with van der Waals surface area (Å²) >= 11 is 0. The molecule has 0 spiro atoms. The van der Waals surface area contributed by atoms with Crippen molar-refractivity contribution in [1.29, 1.82) is 0 Å². The van der Waals surface area contributed by atoms with Crippen LogP contribution < -0.4 is 0 Å². The molecule has 2 aromatic rings. The summed E-state index contributed by atoms with van der Waals surface area (Å²) in [4.78, 5) is 0. The molecule has 4 rings (SSSR count). The first-order valence-corrected chi connectivity index (χ1v) is 13.2. The van der Waals surface area contributed by atoms with Gasteiger partial charge in [-0.1, -0.05) is 127 Å². The minimum atomic E-state index is 0.149. The summed E-state index contributed by atoms with van der Waals surface area (Å²) < 4.78 is 0. The van der Waals surface area contributed by atoms with Crippen LogP contribution in [-0.2, 0) is 5.41 Å². The van der Waals surface area contributed by atoms with Gasteiger partial charge in [-0.25, -0.2) is 0 Å². The molecule has 0 radical (unpaired) electrons. The van der Waals surface area contributed by atoms with Gasteiger partial charge in [-0.15, -0.1) is 0 Å². The first-order valence-electron chi connectivity index (χ1n) is 13.2. The molecule has 0 N–H and O–H groups in total. The average molecular weight is 463 g/mol. The summed E-state index contributed by atoms with van der Waals surface area (Å²) in [5.74, 6) is 1.13. The fourth-order valence-corrected chi connectivity index (χ4v) is 5.75. The van der Waals surface area contributed by atoms with E-state index in [1.165, 1.54) is 55.7 Å². The molecule has 2 aromatic carbocycles. The summed E-state index contributed by atoms with van der Waals surface area (Å²) in [7, 11) is 0. The van der Waals surface area contributed by atoms with Crippen LogP contribution in [0.4, 0.5) is 0 Å². The van der Waals surface area contributed by atoms with Crippen LogP contribution in [0.2, 0.25) is 0 Å². The Morgan fingerprint density at radius 3 is 2.17 bits per heavy atom. The molecule has 2 atom stereocenters. The Morgan fingerprint density at radius 1 is 1.00 bits per heavy atom. The molecule has 0 heteroatoms. The Hall–Kier alpha value is -2.86. The van der Waals surface area contributed by atoms with Crippen molar-refractivity contribution >= 4 is 6.08 Å². The first kappa shape index (κ1) is 25.2. The Bertz CT molecular complexity index is 1210. The van der Waals surface area contributed by atoms with Crippen LogP contribution in [0.15, 0.2) is 101 Å². The van der Waals surface area contributed by atoms with Crippen LogP contribution in [-0.4, -0.2) is 0 Å². The highest BCUT2D eigenvalue weighted by atomic mass is 14.4. The molecule has 0 aliphatic heterocycles. The van der Waals surface area contributed by atoms with Crippen molar-refractivity contribution < 1.29 is 0 Å². The third kappa shape index (κ3) is 4.94. The minimum absolute atomic E-state index is 0.149. The molecule has 2 aliphatic rings. The third-order valence-corrected chi connectivity index (χ3v) is 7.94. The van der Waals surface area contributed by atoms with E-state index >= 15 is 0 Å². The Labute approximate surface area is 213 Å². The standard InChI is InChI=1S/C35H42/c1-10-23(4)32-24(5)19-30-21-29(20-26-11-13-27(14-12-26)22(2)3)25(6)33(30)34(32)28-15-17-31(18-16-28)35(7,8)9/h11-20,22,33-34H,4,6,10,21H2,1-3,5,7-9H3/b29-20-. The van der Waals surface area contributed by atoms with Crippen molar-refractivity contribution in [3.63, 3.8) is 0 Å². The molecule has 182 valence electrons. The van der Waals surface area contributed by atoms with Crippen LogP contribution in [0.1, 0.15) is 95.4 Å². The minimum Gasteiger partial charge on any atom is -0.0955 e. The van der Waals surface area contributed by atoms with Crippen molar-refractivity contribution in [1.82, 2.24) is 0 Å². The number of allylic oxidation sites excluding steroid dienone is 7. The average Bonchev–Trinajstić information content (AvgIpc) is 3.12. The number of rotatable bonds is 5. The fraction of sp³-hybridized carbons (Fsp3) is 0.371. The third-order valence-electron chi connectivity index (χ3n) is 7.94. The van der Waals surface area contributed by atoms with Crippen LogP contribution in [0.3, 0.4) is 0 Å². The van der Waals surface area contributed by atoms with E-state index in [1.54, 1.807) is 0 Å². The maximum absolute atomic E-state index is 4.68. The van der Waals surface area contributed by atoms with Gasteiger partial charge in [0, 0.05) is 11.8 Å². The summed E-state index contributed by atoms with van der Waals surface area (Å²) in [6.07, 6.45) is 6.73. The molecule has 2 aliphatic carbocycles. The topological polar surface area (TPSA) is 0 Å². The maximum Gasteiger partial charge on any atom is 0.0201 e. The van der Waals surface area contributed by atoms with Gasteiger partial charge >= 0.3 is 0 Å². The van der Waals surface area contributed by atoms with Gasteiger partial charge in [-0.05, 0) is 75.6 Å². The molecule has 0 bridgehead atoms. The molecule has 0 heterocycles. The van der Waals surface area contributed by atoms with Crippen molar-refractivity contribution in [2.24, 2.45) is 5.92 Å². The highest BCUT2D eigenvalue weighted by Gasteiger charge is 2.40. The second-order valence-electron chi connectivity index (χ2n) is 11.8. The molecule has 0 aromatic heterocycles. The lowest BCUT2D eigenvalue weighted by atomic mass is 9.69. The van der Waals surface area contributed by atoms with E-state index in [2.05, 4.69) is 122 Å². The molecule has 35 heavy (non-hydrogen) atoms. The van der Waals surface area contributed by atoms with Crippen molar-refractivity contribution in [2.45, 2.75) is 78.6 Å². The normalized spacial score (nSPS) is 21.5. The predicted octanol–water partition coefficient (Wildman–Crippen LogP) is 10.1. The SMILES string of the molecule is C=C(CC)C1=C(C)C=C2C/C(=C/c3ccc(C(C)C)cc3)C(=C)C2C1c1ccc(C(C)(C)C)cc1. The molecule has 2 unspecified atom stereocenters. The highest BCUT2D eigenvalue weighted by Crippen LogP contribution is 2.55. The molecule has 1 fully saturated rings. The van der Waals surface area contributed by atoms with E-state index in [1.807, 2.05) is 0 Å². The first-order chi connectivity index (χ1) is 16.5. The second kappa shape index (κ2) is 9.65. The van der Waals surface area contributed by atoms with Crippen LogP contribution >= 0.6 is 0 Å². The quantitative estimate of drug-likeness (QED) is 0.414. The number of hydrogen-bond acceptors (Lipinski definition) is 0. The highest BCUT2D eigenvalue weighted by molar-refractivity contribution is 5.67.